The van der Waals surface area contributed by atoms with Crippen molar-refractivity contribution in [1.82, 2.24) is 0 Å². The quantitative estimate of drug-likeness (QED) is 0.710. The molecule has 2 atom stereocenters. The molecule has 1 heterocycles. The van der Waals surface area contributed by atoms with Crippen LogP contribution < -0.4 is 4.90 Å². The van der Waals surface area contributed by atoms with Gasteiger partial charge in [-0.2, -0.15) is 0 Å². The average Bonchev–Trinajstić information content (AvgIpc) is 2.84. The van der Waals surface area contributed by atoms with Gasteiger partial charge in [0.2, 0.25) is 5.91 Å². The Morgan fingerprint density at radius 1 is 1.23 bits per heavy atom. The number of rotatable bonds is 3. The van der Waals surface area contributed by atoms with E-state index in [0.29, 0.717) is 0 Å². The monoisotopic (exact) mass is 375 g/mol. The minimum absolute atomic E-state index is 0.102. The van der Waals surface area contributed by atoms with Gasteiger partial charge in [-0.3, -0.25) is 4.79 Å². The third kappa shape index (κ3) is 3.08. The summed E-state index contributed by atoms with van der Waals surface area (Å²) in [6.45, 7) is 4.11. The molecular formula is C18H18BrNOS. The second-order valence-corrected chi connectivity index (χ2v) is 7.93. The lowest BCUT2D eigenvalue weighted by atomic mass is 10.1. The zero-order valence-electron chi connectivity index (χ0n) is 12.6. The number of benzene rings is 2. The maximum Gasteiger partial charge on any atom is 0.240 e. The molecule has 0 radical (unpaired) electrons. The van der Waals surface area contributed by atoms with E-state index in [0.717, 1.165) is 21.5 Å². The van der Waals surface area contributed by atoms with Crippen molar-refractivity contribution in [2.24, 2.45) is 0 Å². The van der Waals surface area contributed by atoms with E-state index in [9.17, 15) is 4.79 Å². The van der Waals surface area contributed by atoms with Crippen LogP contribution in [0.25, 0.3) is 0 Å². The summed E-state index contributed by atoms with van der Waals surface area (Å²) < 4.78 is 1.05. The summed E-state index contributed by atoms with van der Waals surface area (Å²) in [5, 5.41) is -0.102. The molecule has 1 aliphatic rings. The van der Waals surface area contributed by atoms with Crippen LogP contribution in [-0.2, 0) is 11.2 Å². The normalized spacial score (nSPS) is 18.1. The fourth-order valence-electron chi connectivity index (χ4n) is 2.86. The lowest BCUT2D eigenvalue weighted by Crippen LogP contribution is -2.40. The smallest absolute Gasteiger partial charge is 0.240 e. The third-order valence-electron chi connectivity index (χ3n) is 3.92. The van der Waals surface area contributed by atoms with E-state index in [1.165, 1.54) is 5.56 Å². The minimum atomic E-state index is -0.102. The number of amides is 1. The van der Waals surface area contributed by atoms with Crippen LogP contribution in [-0.4, -0.2) is 17.2 Å². The molecule has 0 N–H and O–H groups in total. The van der Waals surface area contributed by atoms with Crippen molar-refractivity contribution >= 4 is 39.3 Å². The molecule has 3 rings (SSSR count). The Morgan fingerprint density at radius 2 is 1.91 bits per heavy atom. The van der Waals surface area contributed by atoms with Gasteiger partial charge in [-0.05, 0) is 56.2 Å². The number of halogens is 1. The van der Waals surface area contributed by atoms with Gasteiger partial charge in [0.1, 0.15) is 0 Å². The van der Waals surface area contributed by atoms with Crippen LogP contribution in [0.4, 0.5) is 5.69 Å². The van der Waals surface area contributed by atoms with Crippen molar-refractivity contribution in [2.45, 2.75) is 36.5 Å². The predicted molar refractivity (Wildman–Crippen MR) is 96.6 cm³/mol. The van der Waals surface area contributed by atoms with Crippen molar-refractivity contribution in [3.8, 4) is 0 Å². The van der Waals surface area contributed by atoms with Gasteiger partial charge in [-0.15, -0.1) is 11.8 Å². The second kappa shape index (κ2) is 6.47. The molecule has 1 amide bonds. The summed E-state index contributed by atoms with van der Waals surface area (Å²) >= 11 is 5.05. The molecule has 2 nitrogen and oxygen atoms in total. The predicted octanol–water partition coefficient (Wildman–Crippen LogP) is 4.91. The molecule has 114 valence electrons. The SMILES string of the molecule is CC(Sc1ccc(Br)cc1)C(=O)N1c2ccccc2CC1C. The van der Waals surface area contributed by atoms with Gasteiger partial charge >= 0.3 is 0 Å². The number of fused-ring (bicyclic) bond motifs is 1. The Labute approximate surface area is 144 Å². The standard InChI is InChI=1S/C18H18BrNOS/c1-12-11-14-5-3-4-6-17(14)20(12)18(21)13(2)22-16-9-7-15(19)8-10-16/h3-10,12-13H,11H2,1-2H3. The average molecular weight is 376 g/mol. The first kappa shape index (κ1) is 15.6. The van der Waals surface area contributed by atoms with Gasteiger partial charge in [0.15, 0.2) is 0 Å². The van der Waals surface area contributed by atoms with Gasteiger partial charge in [-0.1, -0.05) is 34.1 Å². The van der Waals surface area contributed by atoms with E-state index in [4.69, 9.17) is 0 Å². The van der Waals surface area contributed by atoms with Gasteiger partial charge in [0.05, 0.1) is 5.25 Å². The first-order chi connectivity index (χ1) is 10.6. The highest BCUT2D eigenvalue weighted by Crippen LogP contribution is 2.34. The lowest BCUT2D eigenvalue weighted by molar-refractivity contribution is -0.118. The van der Waals surface area contributed by atoms with Crippen LogP contribution in [0.1, 0.15) is 19.4 Å². The van der Waals surface area contributed by atoms with Crippen molar-refractivity contribution in [3.05, 3.63) is 58.6 Å². The van der Waals surface area contributed by atoms with E-state index in [1.54, 1.807) is 11.8 Å². The number of carbonyl (C=O) groups is 1. The highest BCUT2D eigenvalue weighted by Gasteiger charge is 2.33. The summed E-state index contributed by atoms with van der Waals surface area (Å²) in [6, 6.07) is 16.5. The highest BCUT2D eigenvalue weighted by molar-refractivity contribution is 9.10. The zero-order valence-corrected chi connectivity index (χ0v) is 15.0. The molecule has 0 saturated carbocycles. The van der Waals surface area contributed by atoms with E-state index in [2.05, 4.69) is 28.9 Å². The van der Waals surface area contributed by atoms with Crippen LogP contribution in [0.2, 0.25) is 0 Å². The van der Waals surface area contributed by atoms with Gasteiger partial charge in [0.25, 0.3) is 0 Å². The number of anilines is 1. The Balaban J connectivity index is 1.77. The van der Waals surface area contributed by atoms with Crippen molar-refractivity contribution in [1.29, 1.82) is 0 Å². The largest absolute Gasteiger partial charge is 0.308 e. The maximum absolute atomic E-state index is 12.9. The van der Waals surface area contributed by atoms with Gasteiger partial charge in [0, 0.05) is 21.1 Å². The molecule has 1 aliphatic heterocycles. The number of thioether (sulfide) groups is 1. The number of hydrogen-bond acceptors (Lipinski definition) is 2. The molecule has 2 unspecified atom stereocenters. The third-order valence-corrected chi connectivity index (χ3v) is 5.55. The second-order valence-electron chi connectivity index (χ2n) is 5.60. The van der Waals surface area contributed by atoms with Gasteiger partial charge < -0.3 is 4.90 Å². The number of para-hydroxylation sites is 1. The Bertz CT molecular complexity index is 686. The topological polar surface area (TPSA) is 20.3 Å². The van der Waals surface area contributed by atoms with Crippen LogP contribution in [0.3, 0.4) is 0 Å². The van der Waals surface area contributed by atoms with Gasteiger partial charge in [-0.25, -0.2) is 0 Å². The van der Waals surface area contributed by atoms with E-state index in [1.807, 2.05) is 54.3 Å². The fraction of sp³-hybridized carbons (Fsp3) is 0.278. The van der Waals surface area contributed by atoms with Crippen molar-refractivity contribution < 1.29 is 4.79 Å². The molecule has 2 aromatic carbocycles. The number of carbonyl (C=O) groups excluding carboxylic acids is 1. The molecule has 0 bridgehead atoms. The summed E-state index contributed by atoms with van der Waals surface area (Å²) in [4.78, 5) is 16.0. The Morgan fingerprint density at radius 3 is 2.64 bits per heavy atom. The van der Waals surface area contributed by atoms with Crippen LogP contribution in [0.5, 0.6) is 0 Å². The lowest BCUT2D eigenvalue weighted by Gasteiger charge is -2.25. The van der Waals surface area contributed by atoms with Crippen LogP contribution >= 0.6 is 27.7 Å². The van der Waals surface area contributed by atoms with Crippen molar-refractivity contribution in [3.63, 3.8) is 0 Å². The van der Waals surface area contributed by atoms with Crippen molar-refractivity contribution in [2.75, 3.05) is 4.90 Å². The fourth-order valence-corrected chi connectivity index (χ4v) is 4.05. The molecule has 22 heavy (non-hydrogen) atoms. The summed E-state index contributed by atoms with van der Waals surface area (Å²) in [5.41, 5.74) is 2.34. The molecule has 0 aromatic heterocycles. The Kier molecular flexibility index (Phi) is 4.59. The molecule has 0 fully saturated rings. The number of hydrogen-bond donors (Lipinski definition) is 0. The molecule has 0 spiro atoms. The molecular weight excluding hydrogens is 358 g/mol. The Hall–Kier alpha value is -1.26. The minimum Gasteiger partial charge on any atom is -0.308 e. The summed E-state index contributed by atoms with van der Waals surface area (Å²) in [7, 11) is 0. The van der Waals surface area contributed by atoms with E-state index in [-0.39, 0.29) is 17.2 Å². The zero-order chi connectivity index (χ0) is 15.7. The molecule has 2 aromatic rings. The van der Waals surface area contributed by atoms with Crippen LogP contribution in [0, 0.1) is 0 Å². The molecule has 4 heteroatoms. The number of nitrogens with zero attached hydrogens (tertiary/aromatic N) is 1. The summed E-state index contributed by atoms with van der Waals surface area (Å²) in [6.07, 6.45) is 0.942. The first-order valence-corrected chi connectivity index (χ1v) is 9.06. The first-order valence-electron chi connectivity index (χ1n) is 7.39. The highest BCUT2D eigenvalue weighted by atomic mass is 79.9. The van der Waals surface area contributed by atoms with E-state index < -0.39 is 0 Å². The van der Waals surface area contributed by atoms with E-state index >= 15 is 0 Å². The summed E-state index contributed by atoms with van der Waals surface area (Å²) in [5.74, 6) is 0.186. The van der Waals surface area contributed by atoms with Crippen LogP contribution in [0.15, 0.2) is 57.9 Å². The molecule has 0 saturated heterocycles. The maximum atomic E-state index is 12.9. The molecule has 0 aliphatic carbocycles.